The summed E-state index contributed by atoms with van der Waals surface area (Å²) >= 11 is 3.18. The van der Waals surface area contributed by atoms with E-state index in [-0.39, 0.29) is 10.7 Å². The predicted octanol–water partition coefficient (Wildman–Crippen LogP) is 0.584. The zero-order valence-corrected chi connectivity index (χ0v) is 12.2. The lowest BCUT2D eigenvalue weighted by atomic mass is 10.3. The van der Waals surface area contributed by atoms with E-state index in [9.17, 15) is 8.42 Å². The molecular weight excluding hydrogens is 336 g/mol. The number of nitrogens with zero attached hydrogens (tertiary/aromatic N) is 3. The summed E-state index contributed by atoms with van der Waals surface area (Å²) in [6.45, 7) is 1.61. The van der Waals surface area contributed by atoms with E-state index < -0.39 is 16.1 Å². The average Bonchev–Trinajstić information content (AvgIpc) is 2.85. The van der Waals surface area contributed by atoms with Crippen LogP contribution in [0, 0.1) is 0 Å². The number of halogens is 1. The van der Waals surface area contributed by atoms with Gasteiger partial charge in [0.1, 0.15) is 0 Å². The van der Waals surface area contributed by atoms with E-state index in [1.54, 1.807) is 19.1 Å². The molecule has 1 atom stereocenters. The third kappa shape index (κ3) is 3.08. The van der Waals surface area contributed by atoms with Crippen LogP contribution in [0.25, 0.3) is 0 Å². The van der Waals surface area contributed by atoms with Crippen LogP contribution in [-0.4, -0.2) is 29.0 Å². The highest BCUT2D eigenvalue weighted by atomic mass is 79.9. The molecule has 2 rings (SSSR count). The number of nitrogens with one attached hydrogen (secondary N) is 2. The van der Waals surface area contributed by atoms with Gasteiger partial charge < -0.3 is 5.73 Å². The summed E-state index contributed by atoms with van der Waals surface area (Å²) in [4.78, 5) is 0.0582. The van der Waals surface area contributed by atoms with Gasteiger partial charge in [0.05, 0.1) is 10.9 Å². The second-order valence-corrected chi connectivity index (χ2v) is 6.34. The topological polar surface area (TPSA) is 127 Å². The summed E-state index contributed by atoms with van der Waals surface area (Å²) in [6.07, 6.45) is 0. The highest BCUT2D eigenvalue weighted by Crippen LogP contribution is 2.25. The lowest BCUT2D eigenvalue weighted by Crippen LogP contribution is -2.28. The van der Waals surface area contributed by atoms with E-state index >= 15 is 0 Å². The van der Waals surface area contributed by atoms with Crippen LogP contribution in [0.2, 0.25) is 0 Å². The monoisotopic (exact) mass is 346 g/mol. The van der Waals surface area contributed by atoms with Crippen molar-refractivity contribution in [3.8, 4) is 0 Å². The summed E-state index contributed by atoms with van der Waals surface area (Å²) in [5.74, 6) is 0.253. The van der Waals surface area contributed by atoms with Gasteiger partial charge in [-0.25, -0.2) is 13.1 Å². The normalized spacial score (nSPS) is 13.4. The van der Waals surface area contributed by atoms with Crippen LogP contribution < -0.4 is 10.5 Å². The summed E-state index contributed by atoms with van der Waals surface area (Å²) in [7, 11) is -3.74. The van der Waals surface area contributed by atoms with Crippen molar-refractivity contribution in [3.63, 3.8) is 0 Å². The number of nitrogens with two attached hydrogens (primary N) is 1. The van der Waals surface area contributed by atoms with Gasteiger partial charge in [0.15, 0.2) is 5.82 Å². The maximum atomic E-state index is 12.2. The highest BCUT2D eigenvalue weighted by Gasteiger charge is 2.23. The van der Waals surface area contributed by atoms with Crippen LogP contribution in [0.5, 0.6) is 0 Å². The number of nitrogen functional groups attached to an aromatic ring is 1. The van der Waals surface area contributed by atoms with Crippen molar-refractivity contribution in [2.24, 2.45) is 0 Å². The van der Waals surface area contributed by atoms with Crippen molar-refractivity contribution in [2.45, 2.75) is 17.9 Å². The maximum absolute atomic E-state index is 12.2. The molecule has 1 aromatic carbocycles. The van der Waals surface area contributed by atoms with Crippen LogP contribution in [0.15, 0.2) is 27.6 Å². The number of aromatic nitrogens is 4. The lowest BCUT2D eigenvalue weighted by Gasteiger charge is -2.12. The number of benzene rings is 1. The van der Waals surface area contributed by atoms with E-state index in [4.69, 9.17) is 5.73 Å². The molecule has 0 bridgehead atoms. The number of aromatic amines is 1. The zero-order chi connectivity index (χ0) is 14.0. The second kappa shape index (κ2) is 5.23. The molecule has 1 aromatic heterocycles. The minimum Gasteiger partial charge on any atom is -0.399 e. The minimum absolute atomic E-state index is 0.0582. The molecule has 19 heavy (non-hydrogen) atoms. The number of rotatable bonds is 4. The fourth-order valence-corrected chi connectivity index (χ4v) is 3.63. The Morgan fingerprint density at radius 3 is 2.84 bits per heavy atom. The third-order valence-electron chi connectivity index (χ3n) is 2.33. The quantitative estimate of drug-likeness (QED) is 0.695. The van der Waals surface area contributed by atoms with Crippen molar-refractivity contribution < 1.29 is 8.42 Å². The van der Waals surface area contributed by atoms with Crippen molar-refractivity contribution in [1.29, 1.82) is 0 Å². The van der Waals surface area contributed by atoms with Gasteiger partial charge in [-0.1, -0.05) is 5.21 Å². The van der Waals surface area contributed by atoms with Crippen LogP contribution in [-0.2, 0) is 10.0 Å². The molecule has 0 aliphatic carbocycles. The number of hydrogen-bond acceptors (Lipinski definition) is 6. The van der Waals surface area contributed by atoms with Gasteiger partial charge in [-0.15, -0.1) is 10.2 Å². The van der Waals surface area contributed by atoms with Gasteiger partial charge in [0.2, 0.25) is 10.0 Å². The van der Waals surface area contributed by atoms with Gasteiger partial charge in [-0.2, -0.15) is 5.21 Å². The van der Waals surface area contributed by atoms with Gasteiger partial charge in [0.25, 0.3) is 0 Å². The fraction of sp³-hybridized carbons (Fsp3) is 0.222. The molecule has 4 N–H and O–H groups in total. The summed E-state index contributed by atoms with van der Waals surface area (Å²) in [5, 5.41) is 13.1. The zero-order valence-electron chi connectivity index (χ0n) is 9.83. The van der Waals surface area contributed by atoms with Crippen LogP contribution in [0.4, 0.5) is 5.69 Å². The Bertz CT molecular complexity index is 672. The molecule has 8 nitrogen and oxygen atoms in total. The number of hydrogen-bond donors (Lipinski definition) is 3. The van der Waals surface area contributed by atoms with E-state index in [1.807, 2.05) is 0 Å². The first-order valence-corrected chi connectivity index (χ1v) is 7.48. The summed E-state index contributed by atoms with van der Waals surface area (Å²) < 4.78 is 27.3. The summed E-state index contributed by atoms with van der Waals surface area (Å²) in [6, 6.07) is 3.93. The standard InChI is InChI=1S/C9H11BrN6O2S/c1-5(9-12-15-16-13-9)14-19(17,18)8-4-6(11)2-3-7(8)10/h2-5,14H,11H2,1H3,(H,12,13,15,16). The van der Waals surface area contributed by atoms with Crippen molar-refractivity contribution in [1.82, 2.24) is 25.3 Å². The molecule has 0 aliphatic heterocycles. The second-order valence-electron chi connectivity index (χ2n) is 3.80. The molecule has 0 fully saturated rings. The van der Waals surface area contributed by atoms with Crippen LogP contribution in [0.1, 0.15) is 18.8 Å². The SMILES string of the molecule is CC(NS(=O)(=O)c1cc(N)ccc1Br)c1nn[nH]n1. The van der Waals surface area contributed by atoms with Gasteiger partial charge in [-0.3, -0.25) is 0 Å². The van der Waals surface area contributed by atoms with Gasteiger partial charge in [0, 0.05) is 10.2 Å². The third-order valence-corrected chi connectivity index (χ3v) is 4.86. The Hall–Kier alpha value is -1.52. The van der Waals surface area contributed by atoms with Crippen molar-refractivity contribution in [3.05, 3.63) is 28.5 Å². The van der Waals surface area contributed by atoms with Gasteiger partial charge in [-0.05, 0) is 41.1 Å². The molecule has 0 saturated heterocycles. The van der Waals surface area contributed by atoms with Gasteiger partial charge >= 0.3 is 0 Å². The first-order valence-electron chi connectivity index (χ1n) is 5.21. The minimum atomic E-state index is -3.74. The Labute approximate surface area is 118 Å². The average molecular weight is 347 g/mol. The number of H-pyrrole nitrogens is 1. The molecule has 10 heteroatoms. The molecule has 1 heterocycles. The smallest absolute Gasteiger partial charge is 0.242 e. The van der Waals surface area contributed by atoms with Crippen molar-refractivity contribution in [2.75, 3.05) is 5.73 Å². The Morgan fingerprint density at radius 1 is 1.47 bits per heavy atom. The Morgan fingerprint density at radius 2 is 2.21 bits per heavy atom. The van der Waals surface area contributed by atoms with Crippen molar-refractivity contribution >= 4 is 31.6 Å². The fourth-order valence-electron chi connectivity index (χ4n) is 1.43. The van der Waals surface area contributed by atoms with Crippen LogP contribution in [0.3, 0.4) is 0 Å². The molecule has 2 aromatic rings. The molecule has 0 saturated carbocycles. The lowest BCUT2D eigenvalue weighted by molar-refractivity contribution is 0.559. The Kier molecular flexibility index (Phi) is 3.83. The molecule has 102 valence electrons. The van der Waals surface area contributed by atoms with E-state index in [0.717, 1.165) is 0 Å². The van der Waals surface area contributed by atoms with E-state index in [1.165, 1.54) is 6.07 Å². The highest BCUT2D eigenvalue weighted by molar-refractivity contribution is 9.10. The molecule has 0 radical (unpaired) electrons. The first-order chi connectivity index (χ1) is 8.90. The van der Waals surface area contributed by atoms with Crippen LogP contribution >= 0.6 is 15.9 Å². The maximum Gasteiger partial charge on any atom is 0.242 e. The molecule has 0 amide bonds. The Balaban J connectivity index is 2.30. The molecule has 0 spiro atoms. The molecular formula is C9H11BrN6O2S. The molecule has 1 unspecified atom stereocenters. The number of sulfonamides is 1. The number of tetrazole rings is 1. The van der Waals surface area contributed by atoms with E-state index in [2.05, 4.69) is 41.3 Å². The molecule has 0 aliphatic rings. The number of anilines is 1. The largest absolute Gasteiger partial charge is 0.399 e. The first kappa shape index (κ1) is 13.9. The predicted molar refractivity (Wildman–Crippen MR) is 71.5 cm³/mol. The summed E-state index contributed by atoms with van der Waals surface area (Å²) in [5.41, 5.74) is 5.95. The van der Waals surface area contributed by atoms with E-state index in [0.29, 0.717) is 10.2 Å².